The fraction of sp³-hybridized carbons (Fsp3) is 0.882. The molecule has 1 unspecified atom stereocenters. The average Bonchev–Trinajstić information content (AvgIpc) is 2.90. The van der Waals surface area contributed by atoms with Crippen LogP contribution in [0.15, 0.2) is 0 Å². The number of amides is 2. The smallest absolute Gasteiger partial charge is 0.224 e. The van der Waals surface area contributed by atoms with Gasteiger partial charge in [0.05, 0.1) is 6.10 Å². The molecule has 2 aliphatic rings. The number of aliphatic hydroxyl groups excluding tert-OH is 1. The third kappa shape index (κ3) is 5.18. The highest BCUT2D eigenvalue weighted by molar-refractivity contribution is 5.80. The summed E-state index contributed by atoms with van der Waals surface area (Å²) in [5, 5.41) is 10.2. The average molecular weight is 325 g/mol. The number of carbonyl (C=O) groups excluding carboxylic acids is 2. The molecule has 0 aliphatic carbocycles. The van der Waals surface area contributed by atoms with E-state index in [1.54, 1.807) is 4.90 Å². The Hall–Kier alpha value is -1.14. The van der Waals surface area contributed by atoms with Gasteiger partial charge in [-0.3, -0.25) is 14.5 Å². The second-order valence-corrected chi connectivity index (χ2v) is 7.80. The minimum absolute atomic E-state index is 0.116. The van der Waals surface area contributed by atoms with Crippen LogP contribution in [0.1, 0.15) is 40.0 Å². The summed E-state index contributed by atoms with van der Waals surface area (Å²) in [5.74, 6) is 0.319. The minimum Gasteiger partial charge on any atom is -0.391 e. The van der Waals surface area contributed by atoms with Gasteiger partial charge in [-0.2, -0.15) is 0 Å². The monoisotopic (exact) mass is 325 g/mol. The van der Waals surface area contributed by atoms with Gasteiger partial charge >= 0.3 is 0 Å². The van der Waals surface area contributed by atoms with E-state index in [0.29, 0.717) is 39.0 Å². The molecule has 6 nitrogen and oxygen atoms in total. The molecule has 0 aromatic heterocycles. The van der Waals surface area contributed by atoms with Crippen LogP contribution in [-0.4, -0.2) is 83.5 Å². The van der Waals surface area contributed by atoms with Gasteiger partial charge in [-0.15, -0.1) is 0 Å². The molecule has 132 valence electrons. The number of hydrogen-bond acceptors (Lipinski definition) is 4. The number of rotatable bonds is 5. The molecular weight excluding hydrogens is 294 g/mol. The summed E-state index contributed by atoms with van der Waals surface area (Å²) in [6.45, 7) is 11.2. The highest BCUT2D eigenvalue weighted by Gasteiger charge is 2.28. The lowest BCUT2D eigenvalue weighted by Crippen LogP contribution is -2.52. The van der Waals surface area contributed by atoms with E-state index in [9.17, 15) is 14.7 Å². The number of β-amino-alcohol motifs (C(OH)–C–C–N with tert-alkyl or cyclic N) is 1. The number of hydrogen-bond donors (Lipinski definition) is 1. The number of aliphatic hydroxyl groups is 1. The fourth-order valence-electron chi connectivity index (χ4n) is 3.03. The highest BCUT2D eigenvalue weighted by Crippen LogP contribution is 2.20. The molecule has 2 amide bonds. The van der Waals surface area contributed by atoms with Crippen molar-refractivity contribution in [2.75, 3.05) is 45.8 Å². The zero-order valence-electron chi connectivity index (χ0n) is 14.8. The van der Waals surface area contributed by atoms with Crippen molar-refractivity contribution in [3.8, 4) is 0 Å². The molecule has 0 aromatic carbocycles. The lowest BCUT2D eigenvalue weighted by Gasteiger charge is -2.38. The maximum Gasteiger partial charge on any atom is 0.224 e. The topological polar surface area (TPSA) is 64.1 Å². The molecule has 6 heteroatoms. The van der Waals surface area contributed by atoms with Gasteiger partial charge in [0.25, 0.3) is 0 Å². The van der Waals surface area contributed by atoms with Crippen molar-refractivity contribution in [2.45, 2.75) is 46.1 Å². The summed E-state index contributed by atoms with van der Waals surface area (Å²) < 4.78 is 0. The Balaban J connectivity index is 1.69. The van der Waals surface area contributed by atoms with E-state index in [1.165, 1.54) is 0 Å². The van der Waals surface area contributed by atoms with Crippen molar-refractivity contribution in [3.05, 3.63) is 0 Å². The lowest BCUT2D eigenvalue weighted by atomic mass is 9.89. The molecule has 1 N–H and O–H groups in total. The molecule has 0 radical (unpaired) electrons. The minimum atomic E-state index is -0.356. The predicted molar refractivity (Wildman–Crippen MR) is 88.9 cm³/mol. The summed E-state index contributed by atoms with van der Waals surface area (Å²) in [6, 6.07) is 0. The second kappa shape index (κ2) is 7.62. The molecule has 23 heavy (non-hydrogen) atoms. The van der Waals surface area contributed by atoms with Crippen LogP contribution in [0.4, 0.5) is 0 Å². The fourth-order valence-corrected chi connectivity index (χ4v) is 3.03. The molecule has 0 spiro atoms. The van der Waals surface area contributed by atoms with E-state index in [2.05, 4.69) is 4.90 Å². The molecule has 0 bridgehead atoms. The molecule has 0 aromatic rings. The van der Waals surface area contributed by atoms with Crippen LogP contribution in [0.2, 0.25) is 0 Å². The van der Waals surface area contributed by atoms with Gasteiger partial charge in [0.1, 0.15) is 0 Å². The Morgan fingerprint density at radius 1 is 1.17 bits per heavy atom. The van der Waals surface area contributed by atoms with Crippen LogP contribution in [0.3, 0.4) is 0 Å². The van der Waals surface area contributed by atoms with E-state index in [4.69, 9.17) is 0 Å². The standard InChI is InChI=1S/C17H31N3O3/c1-17(2,3)14(21)13-18-9-11-20(12-10-18)16(23)6-8-19-7-4-5-15(19)22/h14,21H,4-13H2,1-3H3. The zero-order valence-corrected chi connectivity index (χ0v) is 14.8. The Morgan fingerprint density at radius 3 is 2.35 bits per heavy atom. The quantitative estimate of drug-likeness (QED) is 0.802. The van der Waals surface area contributed by atoms with Gasteiger partial charge < -0.3 is 14.9 Å². The Kier molecular flexibility index (Phi) is 6.03. The third-order valence-corrected chi connectivity index (χ3v) is 4.92. The molecular formula is C17H31N3O3. The second-order valence-electron chi connectivity index (χ2n) is 7.80. The SMILES string of the molecule is CC(C)(C)C(O)CN1CCN(C(=O)CCN2CCCC2=O)CC1. The molecule has 2 fully saturated rings. The van der Waals surface area contributed by atoms with E-state index >= 15 is 0 Å². The lowest BCUT2D eigenvalue weighted by molar-refractivity contribution is -0.134. The first kappa shape index (κ1) is 18.2. The summed E-state index contributed by atoms with van der Waals surface area (Å²) in [6.07, 6.45) is 1.62. The van der Waals surface area contributed by atoms with Crippen LogP contribution in [0.5, 0.6) is 0 Å². The number of piperazine rings is 1. The normalized spacial score (nSPS) is 21.8. The van der Waals surface area contributed by atoms with E-state index < -0.39 is 0 Å². The van der Waals surface area contributed by atoms with Gasteiger partial charge in [-0.25, -0.2) is 0 Å². The Labute approximate surface area is 139 Å². The Bertz CT molecular complexity index is 425. The van der Waals surface area contributed by atoms with E-state index in [1.807, 2.05) is 25.7 Å². The third-order valence-electron chi connectivity index (χ3n) is 4.92. The molecule has 0 saturated carbocycles. The van der Waals surface area contributed by atoms with Crippen LogP contribution >= 0.6 is 0 Å². The van der Waals surface area contributed by atoms with Crippen LogP contribution in [0, 0.1) is 5.41 Å². The number of carbonyl (C=O) groups is 2. The summed E-state index contributed by atoms with van der Waals surface area (Å²) in [4.78, 5) is 29.7. The summed E-state index contributed by atoms with van der Waals surface area (Å²) in [5.41, 5.74) is -0.116. The zero-order chi connectivity index (χ0) is 17.0. The first-order chi connectivity index (χ1) is 10.8. The van der Waals surface area contributed by atoms with Crippen LogP contribution in [-0.2, 0) is 9.59 Å². The van der Waals surface area contributed by atoms with Gasteiger partial charge in [0, 0.05) is 58.7 Å². The maximum absolute atomic E-state index is 12.3. The highest BCUT2D eigenvalue weighted by atomic mass is 16.3. The number of likely N-dealkylation sites (tertiary alicyclic amines) is 1. The van der Waals surface area contributed by atoms with Crippen molar-refractivity contribution in [3.63, 3.8) is 0 Å². The summed E-state index contributed by atoms with van der Waals surface area (Å²) >= 11 is 0. The van der Waals surface area contributed by atoms with E-state index in [-0.39, 0.29) is 23.3 Å². The van der Waals surface area contributed by atoms with Crippen molar-refractivity contribution < 1.29 is 14.7 Å². The molecule has 2 aliphatic heterocycles. The van der Waals surface area contributed by atoms with Gasteiger partial charge in [-0.05, 0) is 11.8 Å². The Morgan fingerprint density at radius 2 is 1.83 bits per heavy atom. The number of nitrogens with zero attached hydrogens (tertiary/aromatic N) is 3. The van der Waals surface area contributed by atoms with Gasteiger partial charge in [0.15, 0.2) is 0 Å². The van der Waals surface area contributed by atoms with E-state index in [0.717, 1.165) is 26.1 Å². The van der Waals surface area contributed by atoms with Gasteiger partial charge in [-0.1, -0.05) is 20.8 Å². The first-order valence-electron chi connectivity index (χ1n) is 8.73. The van der Waals surface area contributed by atoms with Crippen molar-refractivity contribution in [1.29, 1.82) is 0 Å². The van der Waals surface area contributed by atoms with Crippen LogP contribution < -0.4 is 0 Å². The molecule has 2 heterocycles. The first-order valence-corrected chi connectivity index (χ1v) is 8.73. The van der Waals surface area contributed by atoms with Crippen LogP contribution in [0.25, 0.3) is 0 Å². The largest absolute Gasteiger partial charge is 0.391 e. The predicted octanol–water partition coefficient (Wildman–Crippen LogP) is 0.550. The molecule has 2 saturated heterocycles. The maximum atomic E-state index is 12.3. The molecule has 2 rings (SSSR count). The van der Waals surface area contributed by atoms with Crippen molar-refractivity contribution >= 4 is 11.8 Å². The molecule has 1 atom stereocenters. The van der Waals surface area contributed by atoms with Crippen molar-refractivity contribution in [2.24, 2.45) is 5.41 Å². The van der Waals surface area contributed by atoms with Gasteiger partial charge in [0.2, 0.25) is 11.8 Å². The summed E-state index contributed by atoms with van der Waals surface area (Å²) in [7, 11) is 0. The van der Waals surface area contributed by atoms with Crippen molar-refractivity contribution in [1.82, 2.24) is 14.7 Å².